The minimum absolute atomic E-state index is 0.0136. The van der Waals surface area contributed by atoms with Gasteiger partial charge in [0.15, 0.2) is 0 Å². The Morgan fingerprint density at radius 1 is 1.44 bits per heavy atom. The van der Waals surface area contributed by atoms with Gasteiger partial charge >= 0.3 is 5.97 Å². The molecule has 5 nitrogen and oxygen atoms in total. The van der Waals surface area contributed by atoms with Crippen molar-refractivity contribution >= 4 is 5.97 Å². The first kappa shape index (κ1) is 17.5. The van der Waals surface area contributed by atoms with Crippen molar-refractivity contribution in [2.24, 2.45) is 5.73 Å². The molecule has 0 spiro atoms. The first-order chi connectivity index (χ1) is 7.31. The van der Waals surface area contributed by atoms with Crippen LogP contribution >= 0.6 is 0 Å². The van der Waals surface area contributed by atoms with Gasteiger partial charge in [0.05, 0.1) is 7.11 Å². The minimum Gasteiger partial charge on any atom is -0.466 e. The second-order valence-electron chi connectivity index (χ2n) is 3.33. The predicted molar refractivity (Wildman–Crippen MR) is 62.8 cm³/mol. The average molecular weight is 233 g/mol. The molecule has 0 rings (SSSR count). The molecular weight excluding hydrogens is 210 g/mol. The first-order valence-corrected chi connectivity index (χ1v) is 5.13. The summed E-state index contributed by atoms with van der Waals surface area (Å²) in [4.78, 5) is 10.7. The Labute approximate surface area is 97.2 Å². The number of nitrogens with two attached hydrogens (primary N) is 1. The van der Waals surface area contributed by atoms with E-state index in [4.69, 9.17) is 10.5 Å². The molecule has 0 aromatic heterocycles. The Kier molecular flexibility index (Phi) is 10.2. The summed E-state index contributed by atoms with van der Waals surface area (Å²) in [5.41, 5.74) is 3.89. The fourth-order valence-corrected chi connectivity index (χ4v) is 0.913. The molecule has 16 heavy (non-hydrogen) atoms. The molecule has 0 bridgehead atoms. The average Bonchev–Trinajstić information content (AvgIpc) is 2.16. The molecule has 1 atom stereocenters. The van der Waals surface area contributed by atoms with Gasteiger partial charge in [0.1, 0.15) is 0 Å². The predicted octanol–water partition coefficient (Wildman–Crippen LogP) is 0.816. The lowest BCUT2D eigenvalue weighted by Crippen LogP contribution is -2.48. The number of carbonyl (C=O) groups excluding carboxylic acids is 1. The number of hydrogen-bond donors (Lipinski definition) is 2. The highest BCUT2D eigenvalue weighted by Gasteiger charge is 2.31. The summed E-state index contributed by atoms with van der Waals surface area (Å²) in [6.45, 7) is 10.8. The fraction of sp³-hybridized carbons (Fsp3) is 0.727. The van der Waals surface area contributed by atoms with Gasteiger partial charge in [0.25, 0.3) is 0 Å². The molecular formula is C11H23NO4. The maximum absolute atomic E-state index is 10.7. The van der Waals surface area contributed by atoms with E-state index in [0.29, 0.717) is 5.57 Å². The molecule has 0 aromatic rings. The molecule has 0 aromatic carbocycles. The minimum atomic E-state index is -1.93. The maximum atomic E-state index is 10.7. The third-order valence-corrected chi connectivity index (χ3v) is 1.52. The van der Waals surface area contributed by atoms with E-state index >= 15 is 0 Å². The Morgan fingerprint density at radius 3 is 2.06 bits per heavy atom. The second kappa shape index (κ2) is 9.33. The molecule has 0 aliphatic heterocycles. The summed E-state index contributed by atoms with van der Waals surface area (Å²) in [7, 11) is 1.17. The molecule has 96 valence electrons. The van der Waals surface area contributed by atoms with Gasteiger partial charge < -0.3 is 14.6 Å². The van der Waals surface area contributed by atoms with Gasteiger partial charge in [0, 0.05) is 19.6 Å². The summed E-state index contributed by atoms with van der Waals surface area (Å²) in [5.74, 6) is -0.847. The molecule has 3 N–H and O–H groups in total. The molecule has 0 saturated heterocycles. The maximum Gasteiger partial charge on any atom is 0.353 e. The molecule has 0 radical (unpaired) electrons. The van der Waals surface area contributed by atoms with Crippen molar-refractivity contribution in [2.75, 3.05) is 20.3 Å². The zero-order valence-corrected chi connectivity index (χ0v) is 10.6. The van der Waals surface area contributed by atoms with E-state index in [1.807, 2.05) is 13.8 Å². The highest BCUT2D eigenvalue weighted by molar-refractivity contribution is 5.78. The molecule has 5 heteroatoms. The van der Waals surface area contributed by atoms with E-state index in [0.717, 1.165) is 13.2 Å². The van der Waals surface area contributed by atoms with E-state index in [2.05, 4.69) is 11.3 Å². The van der Waals surface area contributed by atoms with Gasteiger partial charge in [-0.3, -0.25) is 5.73 Å². The number of hydrogen-bond acceptors (Lipinski definition) is 5. The summed E-state index contributed by atoms with van der Waals surface area (Å²) >= 11 is 0. The van der Waals surface area contributed by atoms with E-state index in [9.17, 15) is 9.90 Å². The summed E-state index contributed by atoms with van der Waals surface area (Å²) in [6.07, 6.45) is 0.0136. The normalized spacial score (nSPS) is 13.1. The molecule has 0 aliphatic rings. The van der Waals surface area contributed by atoms with Crippen LogP contribution in [0, 0.1) is 0 Å². The van der Waals surface area contributed by atoms with E-state index in [1.54, 1.807) is 6.92 Å². The standard InChI is InChI=1S/C7H13NO3.C4H10O/c1-5(2)4-7(8,10)6(9)11-3;1-3-5-4-2/h10H,1,4,8H2,2-3H3;3-4H2,1-2H3. The molecule has 0 amide bonds. The van der Waals surface area contributed by atoms with Crippen LogP contribution in [-0.2, 0) is 14.3 Å². The Balaban J connectivity index is 0. The molecule has 0 aliphatic carbocycles. The van der Waals surface area contributed by atoms with Crippen molar-refractivity contribution in [3.63, 3.8) is 0 Å². The van der Waals surface area contributed by atoms with Gasteiger partial charge in [-0.15, -0.1) is 0 Å². The van der Waals surface area contributed by atoms with Crippen molar-refractivity contribution in [2.45, 2.75) is 32.9 Å². The van der Waals surface area contributed by atoms with Crippen molar-refractivity contribution in [3.05, 3.63) is 12.2 Å². The van der Waals surface area contributed by atoms with E-state index < -0.39 is 11.7 Å². The number of ether oxygens (including phenoxy) is 2. The van der Waals surface area contributed by atoms with Crippen LogP contribution in [0.25, 0.3) is 0 Å². The molecule has 0 saturated carbocycles. The SMILES string of the molecule is C=C(C)CC(N)(O)C(=O)OC.CCOCC. The monoisotopic (exact) mass is 233 g/mol. The smallest absolute Gasteiger partial charge is 0.353 e. The van der Waals surface area contributed by atoms with E-state index in [1.165, 1.54) is 7.11 Å². The highest BCUT2D eigenvalue weighted by atomic mass is 16.5. The third kappa shape index (κ3) is 9.64. The van der Waals surface area contributed by atoms with Gasteiger partial charge in [-0.1, -0.05) is 12.2 Å². The lowest BCUT2D eigenvalue weighted by molar-refractivity contribution is -0.161. The van der Waals surface area contributed by atoms with Crippen LogP contribution in [0.3, 0.4) is 0 Å². The van der Waals surface area contributed by atoms with Crippen LogP contribution in [0.5, 0.6) is 0 Å². The number of rotatable bonds is 5. The lowest BCUT2D eigenvalue weighted by atomic mass is 10.1. The zero-order chi connectivity index (χ0) is 13.2. The van der Waals surface area contributed by atoms with Crippen LogP contribution in [0.1, 0.15) is 27.2 Å². The highest BCUT2D eigenvalue weighted by Crippen LogP contribution is 2.10. The Bertz CT molecular complexity index is 212. The van der Waals surface area contributed by atoms with E-state index in [-0.39, 0.29) is 6.42 Å². The van der Waals surface area contributed by atoms with Crippen molar-refractivity contribution in [3.8, 4) is 0 Å². The molecule has 0 heterocycles. The summed E-state index contributed by atoms with van der Waals surface area (Å²) in [6, 6.07) is 0. The zero-order valence-electron chi connectivity index (χ0n) is 10.6. The van der Waals surface area contributed by atoms with Crippen LogP contribution in [0.4, 0.5) is 0 Å². The van der Waals surface area contributed by atoms with Gasteiger partial charge in [-0.2, -0.15) is 0 Å². The van der Waals surface area contributed by atoms with Crippen molar-refractivity contribution in [1.29, 1.82) is 0 Å². The van der Waals surface area contributed by atoms with Crippen LogP contribution in [0.2, 0.25) is 0 Å². The topological polar surface area (TPSA) is 81.8 Å². The first-order valence-electron chi connectivity index (χ1n) is 5.13. The van der Waals surface area contributed by atoms with Crippen LogP contribution < -0.4 is 5.73 Å². The van der Waals surface area contributed by atoms with Gasteiger partial charge in [-0.05, 0) is 20.8 Å². The van der Waals surface area contributed by atoms with Gasteiger partial charge in [-0.25, -0.2) is 4.79 Å². The fourth-order valence-electron chi connectivity index (χ4n) is 0.913. The number of aliphatic hydroxyl groups is 1. The number of carbonyl (C=O) groups is 1. The molecule has 0 fully saturated rings. The van der Waals surface area contributed by atoms with Crippen LogP contribution in [-0.4, -0.2) is 37.1 Å². The third-order valence-electron chi connectivity index (χ3n) is 1.52. The summed E-state index contributed by atoms with van der Waals surface area (Å²) in [5, 5.41) is 9.20. The Hall–Kier alpha value is -0.910. The summed E-state index contributed by atoms with van der Waals surface area (Å²) < 4.78 is 9.09. The van der Waals surface area contributed by atoms with Crippen LogP contribution in [0.15, 0.2) is 12.2 Å². The number of esters is 1. The van der Waals surface area contributed by atoms with Gasteiger partial charge in [0.2, 0.25) is 5.72 Å². The largest absolute Gasteiger partial charge is 0.466 e. The van der Waals surface area contributed by atoms with Crippen molar-refractivity contribution in [1.82, 2.24) is 0 Å². The lowest BCUT2D eigenvalue weighted by Gasteiger charge is -2.19. The molecule has 1 unspecified atom stereocenters. The second-order valence-corrected chi connectivity index (χ2v) is 3.33. The number of methoxy groups -OCH3 is 1. The quantitative estimate of drug-likeness (QED) is 0.417. The Morgan fingerprint density at radius 2 is 1.88 bits per heavy atom. The van der Waals surface area contributed by atoms with Crippen molar-refractivity contribution < 1.29 is 19.4 Å².